The lowest BCUT2D eigenvalue weighted by Crippen LogP contribution is -2.47. The summed E-state index contributed by atoms with van der Waals surface area (Å²) in [5.74, 6) is 1.85. The van der Waals surface area contributed by atoms with Crippen LogP contribution < -0.4 is 10.1 Å². The fourth-order valence-electron chi connectivity index (χ4n) is 2.65. The Balaban J connectivity index is 0.00000264. The highest BCUT2D eigenvalue weighted by molar-refractivity contribution is 14.0. The number of rotatable bonds is 6. The van der Waals surface area contributed by atoms with Gasteiger partial charge in [0.25, 0.3) is 0 Å². The molecule has 23 heavy (non-hydrogen) atoms. The Morgan fingerprint density at radius 2 is 1.96 bits per heavy atom. The molecule has 0 aromatic heterocycles. The number of aliphatic imine (C=N–C) groups is 1. The first-order valence-electron chi connectivity index (χ1n) is 8.08. The summed E-state index contributed by atoms with van der Waals surface area (Å²) >= 11 is 0. The van der Waals surface area contributed by atoms with Crippen LogP contribution in [-0.4, -0.2) is 56.9 Å². The molecule has 0 aliphatic carbocycles. The van der Waals surface area contributed by atoms with Gasteiger partial charge in [0.05, 0.1) is 12.6 Å². The smallest absolute Gasteiger partial charge is 0.193 e. The van der Waals surface area contributed by atoms with Crippen LogP contribution in [0.1, 0.15) is 19.8 Å². The third kappa shape index (κ3) is 6.95. The quantitative estimate of drug-likeness (QED) is 0.325. The first-order valence-corrected chi connectivity index (χ1v) is 8.08. The van der Waals surface area contributed by atoms with E-state index < -0.39 is 0 Å². The first-order chi connectivity index (χ1) is 10.8. The van der Waals surface area contributed by atoms with Crippen LogP contribution in [0.3, 0.4) is 0 Å². The molecule has 0 saturated carbocycles. The van der Waals surface area contributed by atoms with E-state index in [-0.39, 0.29) is 24.0 Å². The van der Waals surface area contributed by atoms with Gasteiger partial charge in [-0.1, -0.05) is 18.2 Å². The maximum atomic E-state index is 5.69. The Morgan fingerprint density at radius 3 is 2.57 bits per heavy atom. The summed E-state index contributed by atoms with van der Waals surface area (Å²) < 4.78 is 11.4. The molecule has 6 heteroatoms. The molecule has 0 radical (unpaired) electrons. The van der Waals surface area contributed by atoms with Gasteiger partial charge in [-0.2, -0.15) is 0 Å². The van der Waals surface area contributed by atoms with E-state index in [9.17, 15) is 0 Å². The van der Waals surface area contributed by atoms with Crippen LogP contribution in [0.15, 0.2) is 35.3 Å². The van der Waals surface area contributed by atoms with Crippen molar-refractivity contribution in [3.05, 3.63) is 30.3 Å². The van der Waals surface area contributed by atoms with Crippen LogP contribution in [0, 0.1) is 0 Å². The zero-order valence-corrected chi connectivity index (χ0v) is 16.4. The minimum Gasteiger partial charge on any atom is -0.492 e. The maximum absolute atomic E-state index is 5.69. The highest BCUT2D eigenvalue weighted by atomic mass is 127. The average Bonchev–Trinajstić information content (AvgIpc) is 2.57. The minimum absolute atomic E-state index is 0. The molecule has 1 N–H and O–H groups in total. The van der Waals surface area contributed by atoms with Crippen LogP contribution in [0.2, 0.25) is 0 Å². The first kappa shape index (κ1) is 20.0. The van der Waals surface area contributed by atoms with Gasteiger partial charge in [0, 0.05) is 26.7 Å². The van der Waals surface area contributed by atoms with E-state index in [4.69, 9.17) is 9.47 Å². The number of ether oxygens (including phenoxy) is 2. The van der Waals surface area contributed by atoms with Crippen molar-refractivity contribution in [3.63, 3.8) is 0 Å². The van der Waals surface area contributed by atoms with Crippen LogP contribution in [0.5, 0.6) is 5.75 Å². The molecule has 1 aliphatic heterocycles. The lowest BCUT2D eigenvalue weighted by molar-refractivity contribution is 0.0263. The second kappa shape index (κ2) is 11.5. The summed E-state index contributed by atoms with van der Waals surface area (Å²) in [5, 5.41) is 3.37. The zero-order valence-electron chi connectivity index (χ0n) is 14.0. The third-order valence-corrected chi connectivity index (χ3v) is 3.75. The normalized spacial score (nSPS) is 15.9. The molecule has 1 saturated heterocycles. The molecular weight excluding hydrogens is 405 g/mol. The number of guanidine groups is 1. The second-order valence-corrected chi connectivity index (χ2v) is 5.28. The number of hydrogen-bond donors (Lipinski definition) is 1. The largest absolute Gasteiger partial charge is 0.492 e. The summed E-state index contributed by atoms with van der Waals surface area (Å²) in [6, 6.07) is 9.87. The van der Waals surface area contributed by atoms with Crippen molar-refractivity contribution in [3.8, 4) is 5.75 Å². The highest BCUT2D eigenvalue weighted by Gasteiger charge is 2.21. The van der Waals surface area contributed by atoms with Crippen molar-refractivity contribution in [2.75, 3.05) is 39.9 Å². The molecule has 0 bridgehead atoms. The fourth-order valence-corrected chi connectivity index (χ4v) is 2.65. The molecule has 1 fully saturated rings. The monoisotopic (exact) mass is 433 g/mol. The molecule has 1 aliphatic rings. The van der Waals surface area contributed by atoms with Crippen molar-refractivity contribution < 1.29 is 9.47 Å². The summed E-state index contributed by atoms with van der Waals surface area (Å²) in [5.41, 5.74) is 0. The summed E-state index contributed by atoms with van der Waals surface area (Å²) in [6.07, 6.45) is 2.53. The predicted molar refractivity (Wildman–Crippen MR) is 105 cm³/mol. The number of para-hydroxylation sites is 1. The van der Waals surface area contributed by atoms with Gasteiger partial charge in [0.15, 0.2) is 5.96 Å². The van der Waals surface area contributed by atoms with Crippen molar-refractivity contribution >= 4 is 29.9 Å². The van der Waals surface area contributed by atoms with E-state index >= 15 is 0 Å². The Labute approximate surface area is 156 Å². The van der Waals surface area contributed by atoms with Crippen LogP contribution >= 0.6 is 24.0 Å². The summed E-state index contributed by atoms with van der Waals surface area (Å²) in [7, 11) is 1.83. The Morgan fingerprint density at radius 1 is 1.26 bits per heavy atom. The number of nitrogens with zero attached hydrogens (tertiary/aromatic N) is 2. The van der Waals surface area contributed by atoms with Crippen molar-refractivity contribution in [1.82, 2.24) is 10.2 Å². The van der Waals surface area contributed by atoms with E-state index in [1.54, 1.807) is 0 Å². The van der Waals surface area contributed by atoms with Gasteiger partial charge < -0.3 is 19.7 Å². The predicted octanol–water partition coefficient (Wildman–Crippen LogP) is 2.76. The number of halogens is 1. The van der Waals surface area contributed by atoms with Crippen molar-refractivity contribution in [2.24, 2.45) is 4.99 Å². The Kier molecular flexibility index (Phi) is 10.0. The number of benzene rings is 1. The molecule has 5 nitrogen and oxygen atoms in total. The fraction of sp³-hybridized carbons (Fsp3) is 0.588. The average molecular weight is 433 g/mol. The number of likely N-dealkylation sites (tertiary alicyclic amines) is 1. The molecule has 130 valence electrons. The second-order valence-electron chi connectivity index (χ2n) is 5.28. The standard InChI is InChI=1S/C17H27N3O2.HI/c1-3-21-16-9-12-20(13-10-16)17(18-2)19-11-14-22-15-7-5-4-6-8-15;/h4-8,16H,3,9-14H2,1-2H3,(H,18,19);1H. The summed E-state index contributed by atoms with van der Waals surface area (Å²) in [4.78, 5) is 6.65. The van der Waals surface area contributed by atoms with Gasteiger partial charge in [-0.05, 0) is 31.9 Å². The Hall–Kier alpha value is -1.02. The zero-order chi connectivity index (χ0) is 15.6. The molecule has 0 atom stereocenters. The van der Waals surface area contributed by atoms with Crippen LogP contribution in [-0.2, 0) is 4.74 Å². The molecule has 0 unspecified atom stereocenters. The lowest BCUT2D eigenvalue weighted by Gasteiger charge is -2.34. The van der Waals surface area contributed by atoms with Gasteiger partial charge >= 0.3 is 0 Å². The molecule has 0 amide bonds. The SMILES string of the molecule is CCOC1CCN(C(=NC)NCCOc2ccccc2)CC1.I. The summed E-state index contributed by atoms with van der Waals surface area (Å²) in [6.45, 7) is 6.20. The van der Waals surface area contributed by atoms with E-state index in [1.807, 2.05) is 37.4 Å². The number of hydrogen-bond acceptors (Lipinski definition) is 3. The van der Waals surface area contributed by atoms with E-state index in [2.05, 4.69) is 22.1 Å². The third-order valence-electron chi connectivity index (χ3n) is 3.75. The van der Waals surface area contributed by atoms with Gasteiger partial charge in [-0.15, -0.1) is 24.0 Å². The van der Waals surface area contributed by atoms with E-state index in [0.717, 1.165) is 50.8 Å². The van der Waals surface area contributed by atoms with Gasteiger partial charge in [0.1, 0.15) is 12.4 Å². The molecule has 2 rings (SSSR count). The van der Waals surface area contributed by atoms with Crippen LogP contribution in [0.25, 0.3) is 0 Å². The molecule has 0 spiro atoms. The van der Waals surface area contributed by atoms with Gasteiger partial charge in [0.2, 0.25) is 0 Å². The molecule has 1 heterocycles. The topological polar surface area (TPSA) is 46.1 Å². The highest BCUT2D eigenvalue weighted by Crippen LogP contribution is 2.13. The van der Waals surface area contributed by atoms with Crippen LogP contribution in [0.4, 0.5) is 0 Å². The maximum Gasteiger partial charge on any atom is 0.193 e. The number of nitrogens with one attached hydrogen (secondary N) is 1. The van der Waals surface area contributed by atoms with Crippen molar-refractivity contribution in [2.45, 2.75) is 25.9 Å². The van der Waals surface area contributed by atoms with Gasteiger partial charge in [-0.25, -0.2) is 0 Å². The molecular formula is C17H28IN3O2. The lowest BCUT2D eigenvalue weighted by atomic mass is 10.1. The molecule has 1 aromatic rings. The van der Waals surface area contributed by atoms with E-state index in [1.165, 1.54) is 0 Å². The van der Waals surface area contributed by atoms with Gasteiger partial charge in [-0.3, -0.25) is 4.99 Å². The number of piperidine rings is 1. The molecule has 1 aromatic carbocycles. The minimum atomic E-state index is 0. The van der Waals surface area contributed by atoms with E-state index in [0.29, 0.717) is 12.7 Å². The Bertz CT molecular complexity index is 448. The van der Waals surface area contributed by atoms with Crippen molar-refractivity contribution in [1.29, 1.82) is 0 Å².